The summed E-state index contributed by atoms with van der Waals surface area (Å²) in [6.07, 6.45) is 0. The van der Waals surface area contributed by atoms with Gasteiger partial charge in [0.1, 0.15) is 9.10 Å². The standard InChI is InChI=1S/C13H17N3O5S3/c1-10-13(24(19,20)15-5-7-21-8-6-15)11(2)16(14-10)23(17,18)12-4-3-9-22-12/h3-4,9H,5-8H2,1-2H3. The van der Waals surface area contributed by atoms with Crippen LogP contribution in [0.15, 0.2) is 26.6 Å². The zero-order valence-corrected chi connectivity index (χ0v) is 15.6. The first-order valence-corrected chi connectivity index (χ1v) is 11.0. The zero-order valence-electron chi connectivity index (χ0n) is 13.2. The average molecular weight is 391 g/mol. The van der Waals surface area contributed by atoms with E-state index in [1.54, 1.807) is 11.4 Å². The Labute approximate surface area is 144 Å². The molecule has 3 heterocycles. The van der Waals surface area contributed by atoms with Crippen molar-refractivity contribution in [2.24, 2.45) is 0 Å². The third-order valence-corrected chi connectivity index (χ3v) is 8.92. The Bertz CT molecular complexity index is 939. The molecule has 8 nitrogen and oxygen atoms in total. The fraction of sp³-hybridized carbons (Fsp3) is 0.462. The molecule has 2 aromatic heterocycles. The summed E-state index contributed by atoms with van der Waals surface area (Å²) in [6, 6.07) is 3.08. The lowest BCUT2D eigenvalue weighted by Crippen LogP contribution is -2.41. The molecular weight excluding hydrogens is 374 g/mol. The third kappa shape index (κ3) is 2.80. The van der Waals surface area contributed by atoms with Crippen LogP contribution in [0.5, 0.6) is 0 Å². The number of aromatic nitrogens is 2. The summed E-state index contributed by atoms with van der Waals surface area (Å²) in [5, 5.41) is 5.64. The van der Waals surface area contributed by atoms with Gasteiger partial charge in [-0.25, -0.2) is 8.42 Å². The third-order valence-electron chi connectivity index (χ3n) is 3.73. The van der Waals surface area contributed by atoms with Crippen molar-refractivity contribution in [1.82, 2.24) is 13.5 Å². The molecule has 1 aliphatic heterocycles. The Kier molecular flexibility index (Phi) is 4.55. The first kappa shape index (κ1) is 17.5. The number of hydrogen-bond acceptors (Lipinski definition) is 7. The summed E-state index contributed by atoms with van der Waals surface area (Å²) in [7, 11) is -7.73. The van der Waals surface area contributed by atoms with E-state index in [2.05, 4.69) is 5.10 Å². The van der Waals surface area contributed by atoms with Crippen molar-refractivity contribution >= 4 is 31.4 Å². The van der Waals surface area contributed by atoms with Gasteiger partial charge in [-0.2, -0.15) is 21.9 Å². The van der Waals surface area contributed by atoms with E-state index < -0.39 is 20.0 Å². The topological polar surface area (TPSA) is 98.6 Å². The monoisotopic (exact) mass is 391 g/mol. The molecule has 0 aliphatic carbocycles. The molecule has 132 valence electrons. The van der Waals surface area contributed by atoms with Gasteiger partial charge >= 0.3 is 0 Å². The van der Waals surface area contributed by atoms with Crippen molar-refractivity contribution < 1.29 is 21.6 Å². The molecule has 1 aliphatic rings. The van der Waals surface area contributed by atoms with E-state index in [1.807, 2.05) is 0 Å². The molecule has 2 aromatic rings. The molecule has 24 heavy (non-hydrogen) atoms. The van der Waals surface area contributed by atoms with Crippen molar-refractivity contribution in [2.45, 2.75) is 23.0 Å². The largest absolute Gasteiger partial charge is 0.379 e. The molecule has 0 saturated carbocycles. The highest BCUT2D eigenvalue weighted by molar-refractivity contribution is 7.92. The predicted molar refractivity (Wildman–Crippen MR) is 88.2 cm³/mol. The number of morpholine rings is 1. The van der Waals surface area contributed by atoms with Gasteiger partial charge in [-0.1, -0.05) is 6.07 Å². The van der Waals surface area contributed by atoms with Crippen LogP contribution in [-0.2, 0) is 24.8 Å². The minimum atomic E-state index is -3.90. The zero-order chi connectivity index (χ0) is 17.5. The van der Waals surface area contributed by atoms with Gasteiger partial charge in [0.2, 0.25) is 10.0 Å². The number of sulfonamides is 1. The van der Waals surface area contributed by atoms with Crippen molar-refractivity contribution in [2.75, 3.05) is 26.3 Å². The highest BCUT2D eigenvalue weighted by Crippen LogP contribution is 2.28. The summed E-state index contributed by atoms with van der Waals surface area (Å²) in [5.41, 5.74) is 0.256. The lowest BCUT2D eigenvalue weighted by molar-refractivity contribution is 0.0730. The van der Waals surface area contributed by atoms with Gasteiger partial charge in [0.15, 0.2) is 0 Å². The predicted octanol–water partition coefficient (Wildman–Crippen LogP) is 0.819. The smallest absolute Gasteiger partial charge is 0.292 e. The highest BCUT2D eigenvalue weighted by Gasteiger charge is 2.34. The maximum Gasteiger partial charge on any atom is 0.292 e. The lowest BCUT2D eigenvalue weighted by Gasteiger charge is -2.26. The van der Waals surface area contributed by atoms with E-state index in [0.717, 1.165) is 15.4 Å². The number of ether oxygens (including phenoxy) is 1. The van der Waals surface area contributed by atoms with Gasteiger partial charge in [0.25, 0.3) is 10.0 Å². The van der Waals surface area contributed by atoms with Crippen LogP contribution in [0.1, 0.15) is 11.4 Å². The molecule has 0 aromatic carbocycles. The fourth-order valence-electron chi connectivity index (χ4n) is 2.62. The highest BCUT2D eigenvalue weighted by atomic mass is 32.2. The molecule has 0 unspecified atom stereocenters. The van der Waals surface area contributed by atoms with Crippen molar-refractivity contribution in [3.8, 4) is 0 Å². The Morgan fingerprint density at radius 1 is 1.12 bits per heavy atom. The molecule has 1 saturated heterocycles. The average Bonchev–Trinajstić information content (AvgIpc) is 3.17. The van der Waals surface area contributed by atoms with Gasteiger partial charge < -0.3 is 4.74 Å². The maximum atomic E-state index is 12.9. The second kappa shape index (κ2) is 6.23. The van der Waals surface area contributed by atoms with E-state index in [-0.39, 0.29) is 33.6 Å². The quantitative estimate of drug-likeness (QED) is 0.765. The molecule has 0 N–H and O–H groups in total. The molecule has 0 bridgehead atoms. The Morgan fingerprint density at radius 3 is 2.38 bits per heavy atom. The first-order valence-electron chi connectivity index (χ1n) is 7.19. The molecule has 1 fully saturated rings. The summed E-state index contributed by atoms with van der Waals surface area (Å²) in [6.45, 7) is 4.07. The summed E-state index contributed by atoms with van der Waals surface area (Å²) >= 11 is 1.06. The fourth-order valence-corrected chi connectivity index (χ4v) is 6.86. The van der Waals surface area contributed by atoms with E-state index in [0.29, 0.717) is 13.2 Å². The second-order valence-electron chi connectivity index (χ2n) is 5.30. The van der Waals surface area contributed by atoms with Crippen LogP contribution < -0.4 is 0 Å². The second-order valence-corrected chi connectivity index (χ2v) is 10.1. The normalized spacial score (nSPS) is 17.2. The SMILES string of the molecule is Cc1nn(S(=O)(=O)c2cccs2)c(C)c1S(=O)(=O)N1CCOCC1. The maximum absolute atomic E-state index is 12.9. The number of thiophene rings is 1. The van der Waals surface area contributed by atoms with Gasteiger partial charge in [-0.05, 0) is 25.3 Å². The number of rotatable bonds is 4. The molecular formula is C13H17N3O5S3. The van der Waals surface area contributed by atoms with Crippen LogP contribution >= 0.6 is 11.3 Å². The minimum Gasteiger partial charge on any atom is -0.379 e. The van der Waals surface area contributed by atoms with E-state index >= 15 is 0 Å². The van der Waals surface area contributed by atoms with Crippen LogP contribution in [0.3, 0.4) is 0 Å². The molecule has 3 rings (SSSR count). The molecule has 0 atom stereocenters. The van der Waals surface area contributed by atoms with Gasteiger partial charge in [0, 0.05) is 13.1 Å². The number of aryl methyl sites for hydroxylation is 1. The van der Waals surface area contributed by atoms with Crippen LogP contribution in [0, 0.1) is 13.8 Å². The van der Waals surface area contributed by atoms with Gasteiger partial charge in [-0.3, -0.25) is 0 Å². The van der Waals surface area contributed by atoms with Crippen LogP contribution in [-0.4, -0.2) is 56.6 Å². The van der Waals surface area contributed by atoms with Crippen molar-refractivity contribution in [3.63, 3.8) is 0 Å². The van der Waals surface area contributed by atoms with Crippen LogP contribution in [0.2, 0.25) is 0 Å². The number of hydrogen-bond donors (Lipinski definition) is 0. The molecule has 0 radical (unpaired) electrons. The summed E-state index contributed by atoms with van der Waals surface area (Å²) < 4.78 is 58.5. The minimum absolute atomic E-state index is 0.0514. The molecule has 0 amide bonds. The van der Waals surface area contributed by atoms with Crippen molar-refractivity contribution in [1.29, 1.82) is 0 Å². The number of nitrogens with zero attached hydrogens (tertiary/aromatic N) is 3. The Hall–Kier alpha value is -1.27. The van der Waals surface area contributed by atoms with Crippen molar-refractivity contribution in [3.05, 3.63) is 28.9 Å². The van der Waals surface area contributed by atoms with Gasteiger partial charge in [0.05, 0.1) is 24.6 Å². The summed E-state index contributed by atoms with van der Waals surface area (Å²) in [5.74, 6) is 0. The van der Waals surface area contributed by atoms with E-state index in [1.165, 1.54) is 24.2 Å². The first-order chi connectivity index (χ1) is 11.3. The van der Waals surface area contributed by atoms with E-state index in [9.17, 15) is 16.8 Å². The lowest BCUT2D eigenvalue weighted by atomic mass is 10.4. The molecule has 11 heteroatoms. The van der Waals surface area contributed by atoms with Crippen LogP contribution in [0.4, 0.5) is 0 Å². The van der Waals surface area contributed by atoms with E-state index in [4.69, 9.17) is 4.74 Å². The van der Waals surface area contributed by atoms with Crippen LogP contribution in [0.25, 0.3) is 0 Å². The molecule has 0 spiro atoms. The summed E-state index contributed by atoms with van der Waals surface area (Å²) in [4.78, 5) is -0.0514. The Morgan fingerprint density at radius 2 is 1.79 bits per heavy atom. The van der Waals surface area contributed by atoms with Gasteiger partial charge in [-0.15, -0.1) is 11.3 Å². The Balaban J connectivity index is 2.11.